The molecule has 0 bridgehead atoms. The lowest BCUT2D eigenvalue weighted by molar-refractivity contribution is 0.271. The van der Waals surface area contributed by atoms with Gasteiger partial charge in [0.2, 0.25) is 5.96 Å². The second-order valence-corrected chi connectivity index (χ2v) is 7.46. The van der Waals surface area contributed by atoms with Crippen molar-refractivity contribution < 1.29 is 17.3 Å². The molecule has 3 N–H and O–H groups in total. The molecule has 0 heterocycles. The number of nitrogens with zero attached hydrogens (tertiary/aromatic N) is 2. The van der Waals surface area contributed by atoms with Crippen molar-refractivity contribution in [3.05, 3.63) is 53.1 Å². The number of hydrazone groups is 1. The quantitative estimate of drug-likeness (QED) is 0.299. The van der Waals surface area contributed by atoms with Crippen molar-refractivity contribution in [2.45, 2.75) is 11.8 Å². The van der Waals surface area contributed by atoms with Crippen LogP contribution in [-0.2, 0) is 10.1 Å². The van der Waals surface area contributed by atoms with Crippen LogP contribution in [0, 0.1) is 12.3 Å². The topological polar surface area (TPSA) is 118 Å². The van der Waals surface area contributed by atoms with Gasteiger partial charge in [-0.3, -0.25) is 5.41 Å². The number of ether oxygens (including phenoxy) is 1. The molecule has 0 radical (unpaired) electrons. The van der Waals surface area contributed by atoms with Crippen LogP contribution in [0.5, 0.6) is 11.5 Å². The minimum absolute atomic E-state index is 0.0480. The average Bonchev–Trinajstić information content (AvgIpc) is 2.57. The summed E-state index contributed by atoms with van der Waals surface area (Å²) >= 11 is 5.84. The Bertz CT molecular complexity index is 950. The maximum Gasteiger partial charge on any atom is 0.339 e. The van der Waals surface area contributed by atoms with E-state index in [0.29, 0.717) is 10.8 Å². The van der Waals surface area contributed by atoms with Gasteiger partial charge in [-0.25, -0.2) is 5.01 Å². The van der Waals surface area contributed by atoms with Gasteiger partial charge in [-0.15, -0.1) is 0 Å². The monoisotopic (exact) mass is 410 g/mol. The number of nitrogens with one attached hydrogen (secondary N) is 1. The van der Waals surface area contributed by atoms with E-state index in [1.807, 2.05) is 0 Å². The predicted molar refractivity (Wildman–Crippen MR) is 104 cm³/mol. The molecule has 0 aliphatic carbocycles. The molecule has 10 heteroatoms. The van der Waals surface area contributed by atoms with Gasteiger partial charge in [0.25, 0.3) is 0 Å². The maximum absolute atomic E-state index is 12.4. The fraction of sp³-hybridized carbons (Fsp3) is 0.176. The first kappa shape index (κ1) is 20.5. The van der Waals surface area contributed by atoms with Crippen LogP contribution in [0.1, 0.15) is 5.56 Å². The molecule has 144 valence electrons. The van der Waals surface area contributed by atoms with Gasteiger partial charge < -0.3 is 14.7 Å². The lowest BCUT2D eigenvalue weighted by Crippen LogP contribution is -2.34. The summed E-state index contributed by atoms with van der Waals surface area (Å²) in [4.78, 5) is -0.0480. The Morgan fingerprint density at radius 1 is 1.30 bits per heavy atom. The van der Waals surface area contributed by atoms with Crippen molar-refractivity contribution in [3.63, 3.8) is 0 Å². The highest BCUT2D eigenvalue weighted by molar-refractivity contribution is 7.87. The third-order valence-corrected chi connectivity index (χ3v) is 4.81. The van der Waals surface area contributed by atoms with Crippen molar-refractivity contribution in [1.29, 1.82) is 5.41 Å². The number of aryl methyl sites for hydroxylation is 1. The third-order valence-electron chi connectivity index (χ3n) is 3.34. The van der Waals surface area contributed by atoms with Crippen LogP contribution in [0.3, 0.4) is 0 Å². The van der Waals surface area contributed by atoms with Crippen molar-refractivity contribution in [3.8, 4) is 11.5 Å². The fourth-order valence-electron chi connectivity index (χ4n) is 2.16. The van der Waals surface area contributed by atoms with E-state index in [1.165, 1.54) is 24.3 Å². The molecule has 0 saturated carbocycles. The molecule has 27 heavy (non-hydrogen) atoms. The van der Waals surface area contributed by atoms with Gasteiger partial charge in [0.05, 0.1) is 6.54 Å². The number of guanidine groups is 1. The first-order valence-corrected chi connectivity index (χ1v) is 9.52. The molecule has 0 aliphatic rings. The lowest BCUT2D eigenvalue weighted by Gasteiger charge is -2.16. The smallest absolute Gasteiger partial charge is 0.339 e. The molecule has 0 unspecified atom stereocenters. The number of hydrogen-bond acceptors (Lipinski definition) is 6. The minimum Gasteiger partial charge on any atom is -0.492 e. The van der Waals surface area contributed by atoms with Crippen LogP contribution in [-0.4, -0.2) is 39.3 Å². The fourth-order valence-corrected chi connectivity index (χ4v) is 3.38. The zero-order valence-electron chi connectivity index (χ0n) is 14.6. The number of benzene rings is 2. The molecular formula is C17H19ClN4O4S. The van der Waals surface area contributed by atoms with Gasteiger partial charge in [0, 0.05) is 17.8 Å². The largest absolute Gasteiger partial charge is 0.492 e. The molecule has 0 atom stereocenters. The predicted octanol–water partition coefficient (Wildman–Crippen LogP) is 2.61. The van der Waals surface area contributed by atoms with Crippen molar-refractivity contribution in [2.75, 3.05) is 13.2 Å². The van der Waals surface area contributed by atoms with E-state index in [9.17, 15) is 8.42 Å². The summed E-state index contributed by atoms with van der Waals surface area (Å²) in [5, 5.41) is 12.4. The highest BCUT2D eigenvalue weighted by Crippen LogP contribution is 2.26. The molecule has 0 saturated heterocycles. The summed E-state index contributed by atoms with van der Waals surface area (Å²) in [5.74, 6) is 0.253. The van der Waals surface area contributed by atoms with Crippen molar-refractivity contribution in [2.24, 2.45) is 10.8 Å². The van der Waals surface area contributed by atoms with E-state index in [4.69, 9.17) is 31.7 Å². The highest BCUT2D eigenvalue weighted by atomic mass is 35.5. The van der Waals surface area contributed by atoms with Gasteiger partial charge in [-0.1, -0.05) is 17.7 Å². The molecule has 2 rings (SSSR count). The van der Waals surface area contributed by atoms with Gasteiger partial charge in [0.1, 0.15) is 23.0 Å². The molecule has 0 aromatic heterocycles. The van der Waals surface area contributed by atoms with E-state index < -0.39 is 10.1 Å². The van der Waals surface area contributed by atoms with Crippen LogP contribution >= 0.6 is 11.6 Å². The zero-order chi connectivity index (χ0) is 20.0. The first-order valence-electron chi connectivity index (χ1n) is 7.74. The third kappa shape index (κ3) is 5.87. The van der Waals surface area contributed by atoms with Gasteiger partial charge in [0.15, 0.2) is 0 Å². The summed E-state index contributed by atoms with van der Waals surface area (Å²) < 4.78 is 35.6. The Balaban J connectivity index is 2.12. The molecule has 0 fully saturated rings. The lowest BCUT2D eigenvalue weighted by atomic mass is 10.2. The Hall–Kier alpha value is -2.78. The molecule has 2 aromatic carbocycles. The molecule has 0 amide bonds. The molecular weight excluding hydrogens is 392 g/mol. The number of nitrogens with two attached hydrogens (primary N) is 1. The Kier molecular flexibility index (Phi) is 6.65. The summed E-state index contributed by atoms with van der Waals surface area (Å²) in [6, 6.07) is 10.5. The van der Waals surface area contributed by atoms with Crippen LogP contribution in [0.25, 0.3) is 0 Å². The second-order valence-electron chi connectivity index (χ2n) is 5.47. The van der Waals surface area contributed by atoms with E-state index in [0.717, 1.165) is 10.6 Å². The van der Waals surface area contributed by atoms with Gasteiger partial charge in [-0.2, -0.15) is 13.5 Å². The summed E-state index contributed by atoms with van der Waals surface area (Å²) in [5.41, 5.74) is 6.08. The van der Waals surface area contributed by atoms with E-state index >= 15 is 0 Å². The highest BCUT2D eigenvalue weighted by Gasteiger charge is 2.18. The van der Waals surface area contributed by atoms with E-state index in [2.05, 4.69) is 11.8 Å². The number of halogens is 1. The van der Waals surface area contributed by atoms with Crippen LogP contribution in [0.2, 0.25) is 5.02 Å². The SMILES string of the molecule is C=NN(CCOc1cc(C)cc(OS(=O)(=O)c2cccc(Cl)c2)c1)C(=N)N. The Morgan fingerprint density at radius 2 is 2.00 bits per heavy atom. The second kappa shape index (κ2) is 8.74. The molecule has 2 aromatic rings. The number of rotatable bonds is 8. The molecule has 0 spiro atoms. The Labute approximate surface area is 162 Å². The molecule has 0 aliphatic heterocycles. The van der Waals surface area contributed by atoms with Gasteiger partial charge >= 0.3 is 10.1 Å². The zero-order valence-corrected chi connectivity index (χ0v) is 16.1. The minimum atomic E-state index is -4.03. The summed E-state index contributed by atoms with van der Waals surface area (Å²) in [7, 11) is -4.03. The summed E-state index contributed by atoms with van der Waals surface area (Å²) in [6.07, 6.45) is 0. The van der Waals surface area contributed by atoms with Crippen LogP contribution in [0.4, 0.5) is 0 Å². The number of hydrogen-bond donors (Lipinski definition) is 2. The summed E-state index contributed by atoms with van der Waals surface area (Å²) in [6.45, 7) is 5.46. The van der Waals surface area contributed by atoms with Crippen LogP contribution in [0.15, 0.2) is 52.5 Å². The van der Waals surface area contributed by atoms with Crippen LogP contribution < -0.4 is 14.7 Å². The van der Waals surface area contributed by atoms with E-state index in [-0.39, 0.29) is 29.8 Å². The van der Waals surface area contributed by atoms with Gasteiger partial charge in [-0.05, 0) is 42.8 Å². The Morgan fingerprint density at radius 3 is 2.63 bits per heavy atom. The average molecular weight is 411 g/mol. The van der Waals surface area contributed by atoms with E-state index in [1.54, 1.807) is 25.1 Å². The van der Waals surface area contributed by atoms with Crippen molar-refractivity contribution in [1.82, 2.24) is 5.01 Å². The maximum atomic E-state index is 12.4. The molecule has 8 nitrogen and oxygen atoms in total. The first-order chi connectivity index (χ1) is 12.7. The standard InChI is InChI=1S/C17H19ClN4O4S/c1-12-8-14(25-7-6-22(21-2)17(19)20)11-15(9-12)26-27(23,24)16-5-3-4-13(18)10-16/h3-5,8-11H,2,6-7H2,1H3,(H3,19,20). The van der Waals surface area contributed by atoms with Crippen molar-refractivity contribution >= 4 is 34.4 Å². The normalized spacial score (nSPS) is 10.9.